The summed E-state index contributed by atoms with van der Waals surface area (Å²) in [5, 5.41) is 11.2. The van der Waals surface area contributed by atoms with E-state index in [1.807, 2.05) is 25.1 Å². The van der Waals surface area contributed by atoms with Gasteiger partial charge in [0.25, 0.3) is 0 Å². The summed E-state index contributed by atoms with van der Waals surface area (Å²) in [6, 6.07) is 5.87. The molecule has 0 radical (unpaired) electrons. The molecule has 1 nitrogen and oxygen atoms in total. The molecule has 0 spiro atoms. The van der Waals surface area contributed by atoms with E-state index in [4.69, 9.17) is 11.6 Å². The van der Waals surface area contributed by atoms with Crippen LogP contribution in [0.3, 0.4) is 0 Å². The Hall–Kier alpha value is -0.790. The molecule has 0 heterocycles. The molecule has 98 valence electrons. The van der Waals surface area contributed by atoms with E-state index >= 15 is 0 Å². The molecule has 1 N–H and O–H groups in total. The van der Waals surface area contributed by atoms with Gasteiger partial charge in [0.15, 0.2) is 0 Å². The largest absolute Gasteiger partial charge is 0.384 e. The summed E-state index contributed by atoms with van der Waals surface area (Å²) >= 11 is 6.29. The van der Waals surface area contributed by atoms with E-state index in [1.54, 1.807) is 0 Å². The van der Waals surface area contributed by atoms with Crippen LogP contribution in [0.1, 0.15) is 55.8 Å². The van der Waals surface area contributed by atoms with Crippen LogP contribution >= 0.6 is 11.6 Å². The Labute approximate surface area is 114 Å². The monoisotopic (exact) mass is 264 g/mol. The summed E-state index contributed by atoms with van der Waals surface area (Å²) in [5.74, 6) is 0. The van der Waals surface area contributed by atoms with E-state index in [0.29, 0.717) is 5.02 Å². The summed E-state index contributed by atoms with van der Waals surface area (Å²) in [6.07, 6.45) is 8.74. The number of halogens is 1. The number of aliphatic hydroxyl groups is 1. The predicted octanol–water partition coefficient (Wildman–Crippen LogP) is 4.96. The molecule has 0 bridgehead atoms. The third kappa shape index (κ3) is 3.15. The maximum atomic E-state index is 10.5. The first-order valence-corrected chi connectivity index (χ1v) is 7.20. The maximum absolute atomic E-state index is 10.5. The molecule has 0 aromatic heterocycles. The zero-order valence-corrected chi connectivity index (χ0v) is 11.7. The number of allylic oxidation sites excluding steroid dienone is 1. The second kappa shape index (κ2) is 6.40. The second-order valence-electron chi connectivity index (χ2n) is 5.11. The SMILES string of the molecule is Cc1cccc(C(O)/C2=C/CCCCCC2)c1Cl. The van der Waals surface area contributed by atoms with Crippen molar-refractivity contribution >= 4 is 11.6 Å². The van der Waals surface area contributed by atoms with Crippen LogP contribution in [0.15, 0.2) is 29.8 Å². The van der Waals surface area contributed by atoms with Crippen molar-refractivity contribution in [2.45, 2.75) is 51.6 Å². The van der Waals surface area contributed by atoms with Crippen molar-refractivity contribution in [2.75, 3.05) is 0 Å². The van der Waals surface area contributed by atoms with Crippen LogP contribution in [-0.4, -0.2) is 5.11 Å². The summed E-state index contributed by atoms with van der Waals surface area (Å²) in [7, 11) is 0. The molecule has 1 atom stereocenters. The summed E-state index contributed by atoms with van der Waals surface area (Å²) in [6.45, 7) is 1.98. The predicted molar refractivity (Wildman–Crippen MR) is 76.9 cm³/mol. The number of benzene rings is 1. The van der Waals surface area contributed by atoms with Crippen molar-refractivity contribution < 1.29 is 5.11 Å². The number of hydrogen-bond acceptors (Lipinski definition) is 1. The zero-order valence-electron chi connectivity index (χ0n) is 11.0. The van der Waals surface area contributed by atoms with Crippen LogP contribution in [0.2, 0.25) is 5.02 Å². The second-order valence-corrected chi connectivity index (χ2v) is 5.49. The molecule has 2 rings (SSSR count). The van der Waals surface area contributed by atoms with Crippen LogP contribution in [0, 0.1) is 6.92 Å². The molecule has 1 aliphatic rings. The van der Waals surface area contributed by atoms with Gasteiger partial charge in [0.2, 0.25) is 0 Å². The molecule has 0 aliphatic heterocycles. The lowest BCUT2D eigenvalue weighted by atomic mass is 9.92. The quantitative estimate of drug-likeness (QED) is 0.749. The molecule has 1 aromatic carbocycles. The highest BCUT2D eigenvalue weighted by molar-refractivity contribution is 6.32. The normalized spacial score (nSPS) is 21.6. The number of aliphatic hydroxyl groups excluding tert-OH is 1. The summed E-state index contributed by atoms with van der Waals surface area (Å²) < 4.78 is 0. The van der Waals surface area contributed by atoms with E-state index < -0.39 is 6.10 Å². The number of rotatable bonds is 2. The van der Waals surface area contributed by atoms with Crippen molar-refractivity contribution in [3.63, 3.8) is 0 Å². The highest BCUT2D eigenvalue weighted by atomic mass is 35.5. The van der Waals surface area contributed by atoms with Crippen molar-refractivity contribution in [2.24, 2.45) is 0 Å². The van der Waals surface area contributed by atoms with E-state index in [9.17, 15) is 5.11 Å². The van der Waals surface area contributed by atoms with Gasteiger partial charge in [-0.05, 0) is 43.7 Å². The molecule has 1 aliphatic carbocycles. The first-order valence-electron chi connectivity index (χ1n) is 6.82. The highest BCUT2D eigenvalue weighted by Crippen LogP contribution is 2.33. The van der Waals surface area contributed by atoms with E-state index in [1.165, 1.54) is 25.7 Å². The standard InChI is InChI=1S/C16H21ClO/c1-12-8-7-11-14(15(12)17)16(18)13-9-5-3-2-4-6-10-13/h7-9,11,16,18H,2-6,10H2,1H3/b13-9+. The van der Waals surface area contributed by atoms with Crippen molar-refractivity contribution in [1.29, 1.82) is 0 Å². The smallest absolute Gasteiger partial charge is 0.101 e. The van der Waals surface area contributed by atoms with Crippen LogP contribution in [-0.2, 0) is 0 Å². The minimum absolute atomic E-state index is 0.532. The third-order valence-electron chi connectivity index (χ3n) is 3.69. The van der Waals surface area contributed by atoms with Crippen molar-refractivity contribution in [1.82, 2.24) is 0 Å². The van der Waals surface area contributed by atoms with E-state index in [0.717, 1.165) is 29.5 Å². The van der Waals surface area contributed by atoms with Gasteiger partial charge in [-0.1, -0.05) is 48.7 Å². The van der Waals surface area contributed by atoms with Gasteiger partial charge in [0.05, 0.1) is 0 Å². The fraction of sp³-hybridized carbons (Fsp3) is 0.500. The maximum Gasteiger partial charge on any atom is 0.101 e. The molecule has 1 unspecified atom stereocenters. The van der Waals surface area contributed by atoms with Crippen LogP contribution in [0.5, 0.6) is 0 Å². The molecule has 0 saturated carbocycles. The van der Waals surface area contributed by atoms with Crippen molar-refractivity contribution in [3.8, 4) is 0 Å². The first-order chi connectivity index (χ1) is 8.70. The Morgan fingerprint density at radius 1 is 1.17 bits per heavy atom. The lowest BCUT2D eigenvalue weighted by Gasteiger charge is -2.19. The van der Waals surface area contributed by atoms with Gasteiger partial charge in [-0.15, -0.1) is 0 Å². The van der Waals surface area contributed by atoms with Gasteiger partial charge in [-0.2, -0.15) is 0 Å². The molecule has 18 heavy (non-hydrogen) atoms. The van der Waals surface area contributed by atoms with Gasteiger partial charge in [0, 0.05) is 10.6 Å². The Morgan fingerprint density at radius 3 is 2.78 bits per heavy atom. The van der Waals surface area contributed by atoms with Crippen LogP contribution in [0.25, 0.3) is 0 Å². The topological polar surface area (TPSA) is 20.2 Å². The Morgan fingerprint density at radius 2 is 1.94 bits per heavy atom. The molecular formula is C16H21ClO. The fourth-order valence-electron chi connectivity index (χ4n) is 2.55. The summed E-state index contributed by atoms with van der Waals surface area (Å²) in [4.78, 5) is 0. The average Bonchev–Trinajstić information content (AvgIpc) is 2.31. The minimum atomic E-state index is -0.532. The van der Waals surface area contributed by atoms with Crippen LogP contribution < -0.4 is 0 Å². The van der Waals surface area contributed by atoms with Crippen molar-refractivity contribution in [3.05, 3.63) is 46.0 Å². The number of hydrogen-bond donors (Lipinski definition) is 1. The molecule has 1 aromatic rings. The molecule has 2 heteroatoms. The third-order valence-corrected chi connectivity index (χ3v) is 4.21. The van der Waals surface area contributed by atoms with Gasteiger partial charge < -0.3 is 5.11 Å². The lowest BCUT2D eigenvalue weighted by Crippen LogP contribution is -2.05. The highest BCUT2D eigenvalue weighted by Gasteiger charge is 2.17. The first kappa shape index (κ1) is 13.6. The van der Waals surface area contributed by atoms with E-state index in [-0.39, 0.29) is 0 Å². The summed E-state index contributed by atoms with van der Waals surface area (Å²) in [5.41, 5.74) is 3.02. The van der Waals surface area contributed by atoms with E-state index in [2.05, 4.69) is 6.08 Å². The van der Waals surface area contributed by atoms with Crippen LogP contribution in [0.4, 0.5) is 0 Å². The average molecular weight is 265 g/mol. The van der Waals surface area contributed by atoms with Gasteiger partial charge in [-0.25, -0.2) is 0 Å². The molecular weight excluding hydrogens is 244 g/mol. The molecule has 0 fully saturated rings. The van der Waals surface area contributed by atoms with Gasteiger partial charge in [0.1, 0.15) is 6.10 Å². The lowest BCUT2D eigenvalue weighted by molar-refractivity contribution is 0.209. The van der Waals surface area contributed by atoms with Gasteiger partial charge in [-0.3, -0.25) is 0 Å². The Balaban J connectivity index is 2.23. The molecule has 0 amide bonds. The molecule has 0 saturated heterocycles. The Kier molecular flexibility index (Phi) is 4.85. The fourth-order valence-corrected chi connectivity index (χ4v) is 2.78. The van der Waals surface area contributed by atoms with Gasteiger partial charge >= 0.3 is 0 Å². The minimum Gasteiger partial charge on any atom is -0.384 e. The number of aryl methyl sites for hydroxylation is 1. The zero-order chi connectivity index (χ0) is 13.0. The Bertz CT molecular complexity index is 437.